The molecule has 1 aromatic carbocycles. The van der Waals surface area contributed by atoms with Crippen molar-refractivity contribution in [1.82, 2.24) is 29.9 Å². The number of nitrogens with zero attached hydrogens (tertiary/aromatic N) is 6. The number of benzene rings is 1. The summed E-state index contributed by atoms with van der Waals surface area (Å²) in [7, 11) is 0. The minimum Gasteiger partial charge on any atom is -0.354 e. The lowest BCUT2D eigenvalue weighted by Gasteiger charge is -2.36. The van der Waals surface area contributed by atoms with Crippen LogP contribution in [0.15, 0.2) is 35.6 Å². The highest BCUT2D eigenvalue weighted by Gasteiger charge is 2.19. The van der Waals surface area contributed by atoms with Crippen molar-refractivity contribution in [2.24, 2.45) is 4.99 Å². The summed E-state index contributed by atoms with van der Waals surface area (Å²) in [5.41, 5.74) is 1.31. The molecule has 7 nitrogen and oxygen atoms in total. The van der Waals surface area contributed by atoms with Crippen LogP contribution in [0.1, 0.15) is 31.7 Å². The Morgan fingerprint density at radius 3 is 2.53 bits per heavy atom. The second kappa shape index (κ2) is 13.1. The fraction of sp³-hybridized carbons (Fsp3) is 0.571. The summed E-state index contributed by atoms with van der Waals surface area (Å²) >= 11 is 5.99. The van der Waals surface area contributed by atoms with Gasteiger partial charge in [0.1, 0.15) is 12.2 Å². The Morgan fingerprint density at radius 1 is 1.13 bits per heavy atom. The van der Waals surface area contributed by atoms with E-state index in [1.165, 1.54) is 5.56 Å². The van der Waals surface area contributed by atoms with Gasteiger partial charge in [-0.3, -0.25) is 9.89 Å². The number of aliphatic imine (C=N–C) groups is 1. The van der Waals surface area contributed by atoms with E-state index in [4.69, 9.17) is 16.6 Å². The summed E-state index contributed by atoms with van der Waals surface area (Å²) in [6, 6.07) is 8.15. The van der Waals surface area contributed by atoms with Gasteiger partial charge in [-0.2, -0.15) is 0 Å². The van der Waals surface area contributed by atoms with Crippen molar-refractivity contribution < 1.29 is 0 Å². The Morgan fingerprint density at radius 2 is 1.87 bits per heavy atom. The van der Waals surface area contributed by atoms with Crippen LogP contribution >= 0.6 is 35.6 Å². The molecule has 0 saturated carbocycles. The van der Waals surface area contributed by atoms with Gasteiger partial charge in [0.05, 0.1) is 0 Å². The summed E-state index contributed by atoms with van der Waals surface area (Å²) in [6.07, 6.45) is 3.75. The third kappa shape index (κ3) is 7.39. The van der Waals surface area contributed by atoms with Crippen molar-refractivity contribution in [3.05, 3.63) is 47.0 Å². The highest BCUT2D eigenvalue weighted by Crippen LogP contribution is 2.13. The number of piperazine rings is 1. The second-order valence-corrected chi connectivity index (χ2v) is 7.75. The van der Waals surface area contributed by atoms with Crippen LogP contribution in [0.2, 0.25) is 5.02 Å². The highest BCUT2D eigenvalue weighted by atomic mass is 127. The van der Waals surface area contributed by atoms with Crippen molar-refractivity contribution in [2.45, 2.75) is 39.8 Å². The lowest BCUT2D eigenvalue weighted by molar-refractivity contribution is 0.172. The van der Waals surface area contributed by atoms with Gasteiger partial charge >= 0.3 is 0 Å². The highest BCUT2D eigenvalue weighted by molar-refractivity contribution is 14.0. The molecule has 0 atom stereocenters. The SMILES string of the molecule is CCCN=C(NCCn1cnnc1CC)N1CCN(Cc2ccc(Cl)cc2)CC1.I. The largest absolute Gasteiger partial charge is 0.354 e. The van der Waals surface area contributed by atoms with Gasteiger partial charge in [0.25, 0.3) is 0 Å². The zero-order valence-electron chi connectivity index (χ0n) is 17.9. The minimum atomic E-state index is 0. The van der Waals surface area contributed by atoms with Gasteiger partial charge in [0, 0.05) is 63.8 Å². The van der Waals surface area contributed by atoms with E-state index in [1.54, 1.807) is 6.33 Å². The molecule has 30 heavy (non-hydrogen) atoms. The molecule has 0 bridgehead atoms. The van der Waals surface area contributed by atoms with Crippen molar-refractivity contribution >= 4 is 41.5 Å². The molecule has 0 amide bonds. The molecular formula is C21H33ClIN7. The molecule has 1 saturated heterocycles. The fourth-order valence-corrected chi connectivity index (χ4v) is 3.60. The Kier molecular flexibility index (Phi) is 10.9. The number of hydrogen-bond acceptors (Lipinski definition) is 4. The van der Waals surface area contributed by atoms with Gasteiger partial charge in [-0.25, -0.2) is 0 Å². The molecule has 0 unspecified atom stereocenters. The normalized spacial score (nSPS) is 15.2. The zero-order valence-corrected chi connectivity index (χ0v) is 21.0. The van der Waals surface area contributed by atoms with Crippen LogP contribution in [0.25, 0.3) is 0 Å². The molecule has 1 fully saturated rings. The zero-order chi connectivity index (χ0) is 20.5. The fourth-order valence-electron chi connectivity index (χ4n) is 3.48. The maximum atomic E-state index is 5.99. The average molecular weight is 546 g/mol. The number of nitrogens with one attached hydrogen (secondary N) is 1. The Bertz CT molecular complexity index is 770. The van der Waals surface area contributed by atoms with Crippen LogP contribution in [-0.2, 0) is 19.5 Å². The van der Waals surface area contributed by atoms with E-state index in [0.29, 0.717) is 0 Å². The first-order valence-corrected chi connectivity index (χ1v) is 10.9. The molecule has 166 valence electrons. The summed E-state index contributed by atoms with van der Waals surface area (Å²) in [4.78, 5) is 9.67. The maximum Gasteiger partial charge on any atom is 0.194 e. The third-order valence-electron chi connectivity index (χ3n) is 5.12. The molecule has 0 radical (unpaired) electrons. The van der Waals surface area contributed by atoms with E-state index in [2.05, 4.69) is 55.9 Å². The van der Waals surface area contributed by atoms with Crippen LogP contribution in [0.5, 0.6) is 0 Å². The van der Waals surface area contributed by atoms with Gasteiger partial charge in [-0.1, -0.05) is 37.6 Å². The smallest absolute Gasteiger partial charge is 0.194 e. The van der Waals surface area contributed by atoms with Crippen molar-refractivity contribution in [3.63, 3.8) is 0 Å². The third-order valence-corrected chi connectivity index (χ3v) is 5.38. The predicted molar refractivity (Wildman–Crippen MR) is 134 cm³/mol. The van der Waals surface area contributed by atoms with Crippen LogP contribution in [0.4, 0.5) is 0 Å². The van der Waals surface area contributed by atoms with Gasteiger partial charge < -0.3 is 14.8 Å². The van der Waals surface area contributed by atoms with Crippen molar-refractivity contribution in [2.75, 3.05) is 39.3 Å². The average Bonchev–Trinajstić information content (AvgIpc) is 3.20. The van der Waals surface area contributed by atoms with E-state index in [9.17, 15) is 0 Å². The Labute approximate surface area is 201 Å². The Hall–Kier alpha value is -1.39. The van der Waals surface area contributed by atoms with Crippen LogP contribution in [0, 0.1) is 0 Å². The molecule has 1 aliphatic rings. The van der Waals surface area contributed by atoms with Crippen LogP contribution < -0.4 is 5.32 Å². The number of guanidine groups is 1. The molecule has 0 spiro atoms. The molecular weight excluding hydrogens is 513 g/mol. The molecule has 9 heteroatoms. The summed E-state index contributed by atoms with van der Waals surface area (Å²) in [5, 5.41) is 12.5. The van der Waals surface area contributed by atoms with Gasteiger partial charge in [-0.05, 0) is 24.1 Å². The van der Waals surface area contributed by atoms with Gasteiger partial charge in [0.2, 0.25) is 0 Å². The van der Waals surface area contributed by atoms with E-state index in [1.807, 2.05) is 12.1 Å². The standard InChI is InChI=1S/C21H32ClN7.HI/c1-3-9-23-21(24-10-11-29-17-25-26-20(29)4-2)28-14-12-27(13-15-28)16-18-5-7-19(22)8-6-18;/h5-8,17H,3-4,9-16H2,1-2H3,(H,23,24);1H. The first kappa shape index (κ1) is 24.9. The van der Waals surface area contributed by atoms with Crippen molar-refractivity contribution in [3.8, 4) is 0 Å². The molecule has 1 aliphatic heterocycles. The Balaban J connectivity index is 0.00000320. The number of aryl methyl sites for hydroxylation is 1. The summed E-state index contributed by atoms with van der Waals surface area (Å²) in [5.74, 6) is 2.04. The molecule has 2 aromatic rings. The first-order valence-electron chi connectivity index (χ1n) is 10.6. The number of rotatable bonds is 8. The van der Waals surface area contributed by atoms with Crippen LogP contribution in [-0.4, -0.2) is 69.8 Å². The van der Waals surface area contributed by atoms with Gasteiger partial charge in [-0.15, -0.1) is 34.2 Å². The first-order chi connectivity index (χ1) is 14.2. The van der Waals surface area contributed by atoms with E-state index < -0.39 is 0 Å². The maximum absolute atomic E-state index is 5.99. The van der Waals surface area contributed by atoms with Gasteiger partial charge in [0.15, 0.2) is 5.96 Å². The summed E-state index contributed by atoms with van der Waals surface area (Å²) < 4.78 is 2.11. The lowest BCUT2D eigenvalue weighted by atomic mass is 10.2. The lowest BCUT2D eigenvalue weighted by Crippen LogP contribution is -2.52. The quantitative estimate of drug-likeness (QED) is 0.313. The second-order valence-electron chi connectivity index (χ2n) is 7.32. The van der Waals surface area contributed by atoms with Crippen molar-refractivity contribution in [1.29, 1.82) is 0 Å². The topological polar surface area (TPSA) is 61.6 Å². The molecule has 1 N–H and O–H groups in total. The molecule has 3 rings (SSSR count). The number of halogens is 2. The number of aromatic nitrogens is 3. The van der Waals surface area contributed by atoms with E-state index in [0.717, 1.165) is 82.0 Å². The van der Waals surface area contributed by atoms with E-state index in [-0.39, 0.29) is 24.0 Å². The number of hydrogen-bond donors (Lipinski definition) is 1. The minimum absolute atomic E-state index is 0. The molecule has 1 aromatic heterocycles. The molecule has 0 aliphatic carbocycles. The van der Waals surface area contributed by atoms with E-state index >= 15 is 0 Å². The summed E-state index contributed by atoms with van der Waals surface area (Å²) in [6.45, 7) is 11.8. The monoisotopic (exact) mass is 545 g/mol. The molecule has 2 heterocycles. The van der Waals surface area contributed by atoms with Crippen LogP contribution in [0.3, 0.4) is 0 Å². The predicted octanol–water partition coefficient (Wildman–Crippen LogP) is 3.29.